The molecule has 0 radical (unpaired) electrons. The molecule has 0 aromatic carbocycles. The standard InChI is InChI=1S/C15H28N2O/c1-4-15(5-2)6-7-17(11-15)14(18)13-8-12(3)9-16-10-13/h12-13,16H,4-11H2,1-3H3. The van der Waals surface area contributed by atoms with Crippen molar-refractivity contribution in [3.8, 4) is 0 Å². The second kappa shape index (κ2) is 5.60. The van der Waals surface area contributed by atoms with Crippen molar-refractivity contribution in [2.45, 2.75) is 46.5 Å². The van der Waals surface area contributed by atoms with E-state index >= 15 is 0 Å². The SMILES string of the molecule is CCC1(CC)CCN(C(=O)C2CNCC(C)C2)C1. The molecule has 3 heteroatoms. The second-order valence-electron chi connectivity index (χ2n) is 6.41. The third-order valence-electron chi connectivity index (χ3n) is 5.17. The first kappa shape index (κ1) is 13.9. The lowest BCUT2D eigenvalue weighted by Crippen LogP contribution is -2.45. The highest BCUT2D eigenvalue weighted by molar-refractivity contribution is 5.79. The summed E-state index contributed by atoms with van der Waals surface area (Å²) in [5, 5.41) is 3.39. The molecule has 0 bridgehead atoms. The van der Waals surface area contributed by atoms with Crippen LogP contribution in [-0.4, -0.2) is 37.0 Å². The van der Waals surface area contributed by atoms with Crippen LogP contribution in [0, 0.1) is 17.3 Å². The molecule has 2 aliphatic rings. The van der Waals surface area contributed by atoms with Crippen molar-refractivity contribution in [1.82, 2.24) is 10.2 Å². The largest absolute Gasteiger partial charge is 0.342 e. The van der Waals surface area contributed by atoms with E-state index in [-0.39, 0.29) is 5.92 Å². The molecule has 2 rings (SSSR count). The number of nitrogens with one attached hydrogen (secondary N) is 1. The van der Waals surface area contributed by atoms with E-state index in [9.17, 15) is 4.79 Å². The van der Waals surface area contributed by atoms with Crippen LogP contribution < -0.4 is 5.32 Å². The van der Waals surface area contributed by atoms with Crippen molar-refractivity contribution in [1.29, 1.82) is 0 Å². The van der Waals surface area contributed by atoms with Gasteiger partial charge in [0.1, 0.15) is 0 Å². The van der Waals surface area contributed by atoms with E-state index in [0.717, 1.165) is 32.6 Å². The predicted molar refractivity (Wildman–Crippen MR) is 74.4 cm³/mol. The summed E-state index contributed by atoms with van der Waals surface area (Å²) in [6, 6.07) is 0. The van der Waals surface area contributed by atoms with E-state index in [0.29, 0.717) is 17.2 Å². The number of carbonyl (C=O) groups is 1. The Morgan fingerprint density at radius 1 is 1.33 bits per heavy atom. The molecule has 2 saturated heterocycles. The van der Waals surface area contributed by atoms with Gasteiger partial charge in [-0.2, -0.15) is 0 Å². The lowest BCUT2D eigenvalue weighted by Gasteiger charge is -2.31. The smallest absolute Gasteiger partial charge is 0.226 e. The third-order valence-corrected chi connectivity index (χ3v) is 5.17. The molecule has 0 aromatic heterocycles. The molecule has 0 spiro atoms. The van der Waals surface area contributed by atoms with Gasteiger partial charge in [-0.05, 0) is 43.6 Å². The Bertz CT molecular complexity index is 299. The first-order chi connectivity index (χ1) is 8.60. The first-order valence-electron chi connectivity index (χ1n) is 7.59. The maximum absolute atomic E-state index is 12.6. The number of hydrogen-bond acceptors (Lipinski definition) is 2. The first-order valence-corrected chi connectivity index (χ1v) is 7.59. The topological polar surface area (TPSA) is 32.3 Å². The van der Waals surface area contributed by atoms with Gasteiger partial charge in [-0.3, -0.25) is 4.79 Å². The summed E-state index contributed by atoms with van der Waals surface area (Å²) >= 11 is 0. The van der Waals surface area contributed by atoms with Gasteiger partial charge in [0, 0.05) is 19.6 Å². The zero-order valence-electron chi connectivity index (χ0n) is 12.2. The summed E-state index contributed by atoms with van der Waals surface area (Å²) in [7, 11) is 0. The molecule has 3 nitrogen and oxygen atoms in total. The van der Waals surface area contributed by atoms with Crippen LogP contribution in [0.25, 0.3) is 0 Å². The van der Waals surface area contributed by atoms with Crippen LogP contribution in [0.2, 0.25) is 0 Å². The number of carbonyl (C=O) groups excluding carboxylic acids is 1. The molecule has 18 heavy (non-hydrogen) atoms. The monoisotopic (exact) mass is 252 g/mol. The van der Waals surface area contributed by atoms with Crippen LogP contribution in [-0.2, 0) is 4.79 Å². The highest BCUT2D eigenvalue weighted by Crippen LogP contribution is 2.37. The van der Waals surface area contributed by atoms with Gasteiger partial charge in [0.2, 0.25) is 5.91 Å². The fourth-order valence-electron chi connectivity index (χ4n) is 3.55. The Morgan fingerprint density at radius 3 is 2.61 bits per heavy atom. The number of piperidine rings is 1. The maximum Gasteiger partial charge on any atom is 0.226 e. The molecular formula is C15H28N2O. The molecule has 0 aliphatic carbocycles. The van der Waals surface area contributed by atoms with Gasteiger partial charge in [-0.1, -0.05) is 20.8 Å². The highest BCUT2D eigenvalue weighted by atomic mass is 16.2. The third kappa shape index (κ3) is 2.71. The van der Waals surface area contributed by atoms with E-state index in [2.05, 4.69) is 31.0 Å². The molecule has 1 amide bonds. The van der Waals surface area contributed by atoms with E-state index in [1.54, 1.807) is 0 Å². The summed E-state index contributed by atoms with van der Waals surface area (Å²) in [6.45, 7) is 10.7. The number of rotatable bonds is 3. The fraction of sp³-hybridized carbons (Fsp3) is 0.933. The predicted octanol–water partition coefficient (Wildman–Crippen LogP) is 2.27. The van der Waals surface area contributed by atoms with Crippen molar-refractivity contribution in [2.24, 2.45) is 17.3 Å². The quantitative estimate of drug-likeness (QED) is 0.835. The van der Waals surface area contributed by atoms with Gasteiger partial charge < -0.3 is 10.2 Å². The van der Waals surface area contributed by atoms with Crippen LogP contribution in [0.1, 0.15) is 46.5 Å². The highest BCUT2D eigenvalue weighted by Gasteiger charge is 2.39. The molecule has 1 N–H and O–H groups in total. The minimum Gasteiger partial charge on any atom is -0.342 e. The Labute approximate surface area is 111 Å². The van der Waals surface area contributed by atoms with E-state index in [1.807, 2.05) is 0 Å². The summed E-state index contributed by atoms with van der Waals surface area (Å²) in [4.78, 5) is 14.7. The van der Waals surface area contributed by atoms with E-state index in [1.165, 1.54) is 19.3 Å². The molecule has 2 heterocycles. The molecule has 0 aromatic rings. The lowest BCUT2D eigenvalue weighted by molar-refractivity contribution is -0.135. The maximum atomic E-state index is 12.6. The van der Waals surface area contributed by atoms with E-state index in [4.69, 9.17) is 0 Å². The molecule has 2 atom stereocenters. The van der Waals surface area contributed by atoms with E-state index < -0.39 is 0 Å². The molecule has 0 saturated carbocycles. The molecular weight excluding hydrogens is 224 g/mol. The van der Waals surface area contributed by atoms with Gasteiger partial charge in [-0.15, -0.1) is 0 Å². The van der Waals surface area contributed by atoms with Crippen molar-refractivity contribution < 1.29 is 4.79 Å². The normalized spacial score (nSPS) is 31.6. The van der Waals surface area contributed by atoms with Gasteiger partial charge in [0.15, 0.2) is 0 Å². The molecule has 104 valence electrons. The Morgan fingerprint density at radius 2 is 2.06 bits per heavy atom. The molecule has 2 aliphatic heterocycles. The van der Waals surface area contributed by atoms with Gasteiger partial charge in [0.05, 0.1) is 5.92 Å². The zero-order chi connectivity index (χ0) is 13.2. The average Bonchev–Trinajstić information content (AvgIpc) is 2.83. The Hall–Kier alpha value is -0.570. The van der Waals surface area contributed by atoms with Crippen LogP contribution in [0.5, 0.6) is 0 Å². The number of hydrogen-bond donors (Lipinski definition) is 1. The summed E-state index contributed by atoms with van der Waals surface area (Å²) < 4.78 is 0. The molecule has 2 fully saturated rings. The second-order valence-corrected chi connectivity index (χ2v) is 6.41. The Kier molecular flexibility index (Phi) is 4.31. The van der Waals surface area contributed by atoms with Crippen LogP contribution in [0.15, 0.2) is 0 Å². The number of likely N-dealkylation sites (tertiary alicyclic amines) is 1. The van der Waals surface area contributed by atoms with Crippen molar-refractivity contribution in [2.75, 3.05) is 26.2 Å². The lowest BCUT2D eigenvalue weighted by atomic mass is 9.82. The van der Waals surface area contributed by atoms with Crippen LogP contribution in [0.3, 0.4) is 0 Å². The summed E-state index contributed by atoms with van der Waals surface area (Å²) in [5.41, 5.74) is 0.406. The summed E-state index contributed by atoms with van der Waals surface area (Å²) in [6.07, 6.45) is 4.66. The van der Waals surface area contributed by atoms with Crippen LogP contribution in [0.4, 0.5) is 0 Å². The Balaban J connectivity index is 1.94. The minimum absolute atomic E-state index is 0.221. The number of nitrogens with zero attached hydrogens (tertiary/aromatic N) is 1. The van der Waals surface area contributed by atoms with Crippen molar-refractivity contribution in [3.05, 3.63) is 0 Å². The minimum atomic E-state index is 0.221. The molecule has 2 unspecified atom stereocenters. The zero-order valence-corrected chi connectivity index (χ0v) is 12.2. The summed E-state index contributed by atoms with van der Waals surface area (Å²) in [5.74, 6) is 1.26. The van der Waals surface area contributed by atoms with Gasteiger partial charge >= 0.3 is 0 Å². The van der Waals surface area contributed by atoms with Gasteiger partial charge in [-0.25, -0.2) is 0 Å². The van der Waals surface area contributed by atoms with Crippen molar-refractivity contribution in [3.63, 3.8) is 0 Å². The average molecular weight is 252 g/mol. The number of amides is 1. The van der Waals surface area contributed by atoms with Gasteiger partial charge in [0.25, 0.3) is 0 Å². The van der Waals surface area contributed by atoms with Crippen molar-refractivity contribution >= 4 is 5.91 Å². The van der Waals surface area contributed by atoms with Crippen LogP contribution >= 0.6 is 0 Å². The fourth-order valence-corrected chi connectivity index (χ4v) is 3.55.